The molecule has 2 aromatic carbocycles. The molecule has 1 aromatic heterocycles. The summed E-state index contributed by atoms with van der Waals surface area (Å²) in [5.41, 5.74) is 8.71. The van der Waals surface area contributed by atoms with Crippen molar-refractivity contribution in [3.63, 3.8) is 0 Å². The van der Waals surface area contributed by atoms with Gasteiger partial charge in [-0.2, -0.15) is 5.10 Å². The third kappa shape index (κ3) is 4.09. The highest BCUT2D eigenvalue weighted by atomic mass is 35.5. The zero-order valence-electron chi connectivity index (χ0n) is 15.2. The molecular weight excluding hydrogens is 346 g/mol. The van der Waals surface area contributed by atoms with Crippen LogP contribution in [-0.4, -0.2) is 17.9 Å². The van der Waals surface area contributed by atoms with Gasteiger partial charge in [0.1, 0.15) is 5.75 Å². The van der Waals surface area contributed by atoms with Crippen molar-refractivity contribution >= 4 is 17.8 Å². The standard InChI is InChI=1S/C21H22ClN3O/c1-15-12-18(14-24-23-13-17-4-6-19(22)7-5-17)16(2)25(15)20-8-10-21(26-3)11-9-20/h4-12,14,23H,13H2,1-3H3/b24-14-. The monoisotopic (exact) mass is 367 g/mol. The highest BCUT2D eigenvalue weighted by molar-refractivity contribution is 6.30. The number of aryl methyl sites for hydroxylation is 1. The molecule has 4 nitrogen and oxygen atoms in total. The Hall–Kier alpha value is -2.72. The Morgan fingerprint density at radius 3 is 2.42 bits per heavy atom. The summed E-state index contributed by atoms with van der Waals surface area (Å²) in [6, 6.07) is 17.9. The first-order valence-corrected chi connectivity index (χ1v) is 8.80. The lowest BCUT2D eigenvalue weighted by Crippen LogP contribution is -2.05. The lowest BCUT2D eigenvalue weighted by Gasteiger charge is -2.10. The summed E-state index contributed by atoms with van der Waals surface area (Å²) in [5.74, 6) is 0.851. The third-order valence-corrected chi connectivity index (χ3v) is 4.54. The molecule has 0 fully saturated rings. The molecule has 134 valence electrons. The number of hydrogen-bond acceptors (Lipinski definition) is 3. The van der Waals surface area contributed by atoms with E-state index in [0.29, 0.717) is 6.54 Å². The van der Waals surface area contributed by atoms with Gasteiger partial charge in [0.25, 0.3) is 0 Å². The zero-order chi connectivity index (χ0) is 18.5. The summed E-state index contributed by atoms with van der Waals surface area (Å²) in [6.45, 7) is 4.85. The van der Waals surface area contributed by atoms with E-state index in [-0.39, 0.29) is 0 Å². The summed E-state index contributed by atoms with van der Waals surface area (Å²) >= 11 is 5.90. The number of hydrazone groups is 1. The molecule has 0 amide bonds. The second-order valence-corrected chi connectivity index (χ2v) is 6.52. The maximum absolute atomic E-state index is 5.90. The number of aromatic nitrogens is 1. The predicted molar refractivity (Wildman–Crippen MR) is 108 cm³/mol. The van der Waals surface area contributed by atoms with Crippen LogP contribution in [0.2, 0.25) is 5.02 Å². The first kappa shape index (κ1) is 18.1. The van der Waals surface area contributed by atoms with Gasteiger partial charge in [-0.25, -0.2) is 0 Å². The maximum Gasteiger partial charge on any atom is 0.119 e. The van der Waals surface area contributed by atoms with E-state index < -0.39 is 0 Å². The molecule has 0 spiro atoms. The van der Waals surface area contributed by atoms with E-state index in [1.54, 1.807) is 7.11 Å². The first-order chi connectivity index (χ1) is 12.6. The Morgan fingerprint density at radius 1 is 1.08 bits per heavy atom. The van der Waals surface area contributed by atoms with E-state index in [9.17, 15) is 0 Å². The fourth-order valence-corrected chi connectivity index (χ4v) is 3.03. The van der Waals surface area contributed by atoms with Gasteiger partial charge in [0.15, 0.2) is 0 Å². The summed E-state index contributed by atoms with van der Waals surface area (Å²) in [5, 5.41) is 5.09. The lowest BCUT2D eigenvalue weighted by atomic mass is 10.2. The number of nitrogens with one attached hydrogen (secondary N) is 1. The zero-order valence-corrected chi connectivity index (χ0v) is 15.9. The number of methoxy groups -OCH3 is 1. The number of hydrogen-bond donors (Lipinski definition) is 1. The quantitative estimate of drug-likeness (QED) is 0.498. The van der Waals surface area contributed by atoms with Crippen molar-refractivity contribution in [1.82, 2.24) is 9.99 Å². The van der Waals surface area contributed by atoms with Crippen molar-refractivity contribution in [2.45, 2.75) is 20.4 Å². The highest BCUT2D eigenvalue weighted by Crippen LogP contribution is 2.22. The molecule has 3 rings (SSSR count). The summed E-state index contributed by atoms with van der Waals surface area (Å²) in [6.07, 6.45) is 1.86. The molecule has 0 atom stereocenters. The van der Waals surface area contributed by atoms with Crippen molar-refractivity contribution in [3.05, 3.63) is 82.1 Å². The highest BCUT2D eigenvalue weighted by Gasteiger charge is 2.09. The number of ether oxygens (including phenoxy) is 1. The largest absolute Gasteiger partial charge is 0.497 e. The van der Waals surface area contributed by atoms with Gasteiger partial charge in [-0.05, 0) is 61.9 Å². The van der Waals surface area contributed by atoms with Crippen LogP contribution < -0.4 is 10.2 Å². The normalized spacial score (nSPS) is 11.1. The molecule has 0 saturated carbocycles. The molecule has 26 heavy (non-hydrogen) atoms. The topological polar surface area (TPSA) is 38.5 Å². The molecule has 0 aliphatic carbocycles. The van der Waals surface area contributed by atoms with Crippen molar-refractivity contribution < 1.29 is 4.74 Å². The summed E-state index contributed by atoms with van der Waals surface area (Å²) in [4.78, 5) is 0. The number of benzene rings is 2. The van der Waals surface area contributed by atoms with Crippen LogP contribution >= 0.6 is 11.6 Å². The van der Waals surface area contributed by atoms with Gasteiger partial charge in [0.2, 0.25) is 0 Å². The van der Waals surface area contributed by atoms with Crippen molar-refractivity contribution in [3.8, 4) is 11.4 Å². The SMILES string of the molecule is COc1ccc(-n2c(C)cc(/C=N\NCc3ccc(Cl)cc3)c2C)cc1. The predicted octanol–water partition coefficient (Wildman–Crippen LogP) is 4.88. The second-order valence-electron chi connectivity index (χ2n) is 6.08. The smallest absolute Gasteiger partial charge is 0.119 e. The van der Waals surface area contributed by atoms with Gasteiger partial charge in [-0.1, -0.05) is 23.7 Å². The minimum absolute atomic E-state index is 0.658. The molecular formula is C21H22ClN3O. The van der Waals surface area contributed by atoms with E-state index >= 15 is 0 Å². The van der Waals surface area contributed by atoms with Gasteiger partial charge in [0.05, 0.1) is 19.9 Å². The molecule has 0 saturated heterocycles. The Morgan fingerprint density at radius 2 is 1.77 bits per heavy atom. The van der Waals surface area contributed by atoms with Crippen LogP contribution in [0.3, 0.4) is 0 Å². The first-order valence-electron chi connectivity index (χ1n) is 8.42. The Bertz CT molecular complexity index is 896. The van der Waals surface area contributed by atoms with E-state index in [4.69, 9.17) is 16.3 Å². The van der Waals surface area contributed by atoms with Crippen LogP contribution in [0.15, 0.2) is 59.7 Å². The summed E-state index contributed by atoms with van der Waals surface area (Å²) in [7, 11) is 1.67. The number of halogens is 1. The van der Waals surface area contributed by atoms with E-state index in [1.807, 2.05) is 42.6 Å². The number of rotatable bonds is 6. The van der Waals surface area contributed by atoms with E-state index in [0.717, 1.165) is 39.0 Å². The molecule has 0 bridgehead atoms. The minimum Gasteiger partial charge on any atom is -0.497 e. The molecule has 1 heterocycles. The van der Waals surface area contributed by atoms with Crippen LogP contribution in [0.1, 0.15) is 22.5 Å². The second kappa shape index (κ2) is 8.11. The lowest BCUT2D eigenvalue weighted by molar-refractivity contribution is 0.414. The molecule has 0 radical (unpaired) electrons. The van der Waals surface area contributed by atoms with Gasteiger partial charge in [-0.15, -0.1) is 0 Å². The molecule has 0 aliphatic heterocycles. The average Bonchev–Trinajstić information content (AvgIpc) is 2.94. The molecule has 3 aromatic rings. The molecule has 5 heteroatoms. The summed E-state index contributed by atoms with van der Waals surface area (Å²) < 4.78 is 7.44. The number of nitrogens with zero attached hydrogens (tertiary/aromatic N) is 2. The van der Waals surface area contributed by atoms with Crippen LogP contribution in [0.4, 0.5) is 0 Å². The molecule has 0 aliphatic rings. The third-order valence-electron chi connectivity index (χ3n) is 4.29. The van der Waals surface area contributed by atoms with Crippen LogP contribution in [-0.2, 0) is 6.54 Å². The minimum atomic E-state index is 0.658. The van der Waals surface area contributed by atoms with Crippen molar-refractivity contribution in [1.29, 1.82) is 0 Å². The Balaban J connectivity index is 1.71. The van der Waals surface area contributed by atoms with Gasteiger partial charge in [-0.3, -0.25) is 0 Å². The van der Waals surface area contributed by atoms with Gasteiger partial charge >= 0.3 is 0 Å². The van der Waals surface area contributed by atoms with Crippen molar-refractivity contribution in [2.75, 3.05) is 7.11 Å². The van der Waals surface area contributed by atoms with Gasteiger partial charge < -0.3 is 14.7 Å². The van der Waals surface area contributed by atoms with Gasteiger partial charge in [0, 0.05) is 27.7 Å². The average molecular weight is 368 g/mol. The Kier molecular flexibility index (Phi) is 5.64. The maximum atomic E-state index is 5.90. The Labute approximate surface area is 159 Å². The van der Waals surface area contributed by atoms with Crippen LogP contribution in [0.25, 0.3) is 5.69 Å². The van der Waals surface area contributed by atoms with E-state index in [2.05, 4.69) is 47.1 Å². The fourth-order valence-electron chi connectivity index (χ4n) is 2.90. The molecule has 0 unspecified atom stereocenters. The van der Waals surface area contributed by atoms with Crippen molar-refractivity contribution in [2.24, 2.45) is 5.10 Å². The fraction of sp³-hybridized carbons (Fsp3) is 0.190. The van der Waals surface area contributed by atoms with E-state index in [1.165, 1.54) is 0 Å². The van der Waals surface area contributed by atoms with Crippen LogP contribution in [0.5, 0.6) is 5.75 Å². The van der Waals surface area contributed by atoms with Crippen LogP contribution in [0, 0.1) is 13.8 Å². The molecule has 1 N–H and O–H groups in total.